The van der Waals surface area contributed by atoms with Crippen molar-refractivity contribution in [2.45, 2.75) is 33.0 Å². The number of aromatic nitrogens is 2. The maximum Gasteiger partial charge on any atom is 0.210 e. The van der Waals surface area contributed by atoms with Crippen molar-refractivity contribution >= 4 is 22.8 Å². The van der Waals surface area contributed by atoms with E-state index in [0.29, 0.717) is 29.3 Å². The van der Waals surface area contributed by atoms with E-state index < -0.39 is 5.60 Å². The van der Waals surface area contributed by atoms with Gasteiger partial charge in [-0.15, -0.1) is 0 Å². The summed E-state index contributed by atoms with van der Waals surface area (Å²) in [4.78, 5) is 17.7. The average Bonchev–Trinajstić information content (AvgIpc) is 3.35. The molecule has 168 valence electrons. The molecule has 0 radical (unpaired) electrons. The molecule has 0 saturated carbocycles. The molecular formula is C28H23N3O3. The average molecular weight is 450 g/mol. The predicted molar refractivity (Wildman–Crippen MR) is 129 cm³/mol. The maximum atomic E-state index is 13.2. The van der Waals surface area contributed by atoms with Gasteiger partial charge in [-0.1, -0.05) is 18.2 Å². The Morgan fingerprint density at radius 1 is 1.00 bits per heavy atom. The largest absolute Gasteiger partial charge is 0.487 e. The van der Waals surface area contributed by atoms with Gasteiger partial charge in [-0.05, 0) is 74.4 Å². The monoisotopic (exact) mass is 449 g/mol. The Morgan fingerprint density at radius 3 is 2.41 bits per heavy atom. The molecule has 3 heterocycles. The van der Waals surface area contributed by atoms with Crippen molar-refractivity contribution in [2.75, 3.05) is 0 Å². The SMILES string of the molecule is Cc1ccc2nc(COc3ccc(C4=C(c5ccc(C#N)cc5)OC(C)(C)C4=O)cc3)cn2c1. The van der Waals surface area contributed by atoms with Crippen LogP contribution in [0.3, 0.4) is 0 Å². The number of imidazole rings is 1. The number of fused-ring (bicyclic) bond motifs is 1. The highest BCUT2D eigenvalue weighted by molar-refractivity contribution is 6.32. The third-order valence-corrected chi connectivity index (χ3v) is 5.81. The Kier molecular flexibility index (Phi) is 5.18. The minimum Gasteiger partial charge on any atom is -0.487 e. The Balaban J connectivity index is 1.39. The first kappa shape index (κ1) is 21.5. The molecule has 6 heteroatoms. The number of nitrogens with zero attached hydrogens (tertiary/aromatic N) is 3. The molecular weight excluding hydrogens is 426 g/mol. The number of carbonyl (C=O) groups is 1. The zero-order chi connectivity index (χ0) is 23.9. The number of carbonyl (C=O) groups excluding carboxylic acids is 1. The van der Waals surface area contributed by atoms with Crippen LogP contribution >= 0.6 is 0 Å². The molecule has 1 aliphatic rings. The number of nitriles is 1. The van der Waals surface area contributed by atoms with Crippen LogP contribution in [0.2, 0.25) is 0 Å². The fraction of sp³-hybridized carbons (Fsp3) is 0.179. The van der Waals surface area contributed by atoms with Crippen LogP contribution in [0, 0.1) is 18.3 Å². The van der Waals surface area contributed by atoms with Crippen LogP contribution in [0.5, 0.6) is 5.75 Å². The summed E-state index contributed by atoms with van der Waals surface area (Å²) < 4.78 is 14.0. The van der Waals surface area contributed by atoms with E-state index in [4.69, 9.17) is 14.7 Å². The molecule has 0 unspecified atom stereocenters. The van der Waals surface area contributed by atoms with Crippen molar-refractivity contribution in [3.63, 3.8) is 0 Å². The summed E-state index contributed by atoms with van der Waals surface area (Å²) >= 11 is 0. The summed E-state index contributed by atoms with van der Waals surface area (Å²) in [6.07, 6.45) is 3.99. The predicted octanol–water partition coefficient (Wildman–Crippen LogP) is 5.34. The van der Waals surface area contributed by atoms with E-state index in [2.05, 4.69) is 11.1 Å². The molecule has 0 N–H and O–H groups in total. The summed E-state index contributed by atoms with van der Waals surface area (Å²) in [6.45, 7) is 5.91. The fourth-order valence-electron chi connectivity index (χ4n) is 4.02. The van der Waals surface area contributed by atoms with E-state index >= 15 is 0 Å². The molecule has 0 bridgehead atoms. The van der Waals surface area contributed by atoms with Crippen LogP contribution in [0.15, 0.2) is 73.1 Å². The van der Waals surface area contributed by atoms with E-state index in [0.717, 1.165) is 28.0 Å². The molecule has 2 aromatic carbocycles. The number of aryl methyl sites for hydroxylation is 1. The van der Waals surface area contributed by atoms with E-state index in [1.807, 2.05) is 60.1 Å². The lowest BCUT2D eigenvalue weighted by Crippen LogP contribution is -2.29. The summed E-state index contributed by atoms with van der Waals surface area (Å²) in [5, 5.41) is 9.07. The lowest BCUT2D eigenvalue weighted by molar-refractivity contribution is -0.125. The van der Waals surface area contributed by atoms with Crippen molar-refractivity contribution < 1.29 is 14.3 Å². The number of Topliss-reactive ketones (excluding diaryl/α,β-unsaturated/α-hetero) is 1. The molecule has 1 aliphatic heterocycles. The second-order valence-electron chi connectivity index (χ2n) is 8.85. The van der Waals surface area contributed by atoms with Gasteiger partial charge in [0.2, 0.25) is 5.78 Å². The Bertz CT molecular complexity index is 1470. The van der Waals surface area contributed by atoms with Gasteiger partial charge in [0.15, 0.2) is 5.60 Å². The van der Waals surface area contributed by atoms with Crippen LogP contribution < -0.4 is 4.74 Å². The van der Waals surface area contributed by atoms with Gasteiger partial charge in [-0.25, -0.2) is 4.98 Å². The minimum atomic E-state index is -0.963. The molecule has 5 rings (SSSR count). The Morgan fingerprint density at radius 2 is 1.71 bits per heavy atom. The van der Waals surface area contributed by atoms with Crippen molar-refractivity contribution in [1.29, 1.82) is 5.26 Å². The topological polar surface area (TPSA) is 76.6 Å². The lowest BCUT2D eigenvalue weighted by Gasteiger charge is -2.17. The maximum absolute atomic E-state index is 13.2. The Labute approximate surface area is 197 Å². The van der Waals surface area contributed by atoms with Gasteiger partial charge < -0.3 is 13.9 Å². The van der Waals surface area contributed by atoms with Crippen molar-refractivity contribution in [2.24, 2.45) is 0 Å². The summed E-state index contributed by atoms with van der Waals surface area (Å²) in [5.74, 6) is 1.12. The molecule has 0 saturated heterocycles. The van der Waals surface area contributed by atoms with E-state index in [-0.39, 0.29) is 5.78 Å². The summed E-state index contributed by atoms with van der Waals surface area (Å²) in [5.41, 5.74) is 4.51. The number of benzene rings is 2. The molecule has 0 aliphatic carbocycles. The first-order valence-corrected chi connectivity index (χ1v) is 11.0. The number of hydrogen-bond acceptors (Lipinski definition) is 5. The van der Waals surface area contributed by atoms with E-state index in [1.54, 1.807) is 38.1 Å². The van der Waals surface area contributed by atoms with Crippen LogP contribution in [0.25, 0.3) is 17.0 Å². The van der Waals surface area contributed by atoms with Gasteiger partial charge in [0.1, 0.15) is 23.8 Å². The normalized spacial score (nSPS) is 14.8. The van der Waals surface area contributed by atoms with Gasteiger partial charge in [0.05, 0.1) is 22.9 Å². The second-order valence-corrected chi connectivity index (χ2v) is 8.85. The number of pyridine rings is 1. The zero-order valence-electron chi connectivity index (χ0n) is 19.2. The van der Waals surface area contributed by atoms with Crippen molar-refractivity contribution in [1.82, 2.24) is 9.38 Å². The van der Waals surface area contributed by atoms with Gasteiger partial charge in [0, 0.05) is 18.0 Å². The standard InChI is InChI=1S/C28H23N3O3/c1-18-4-13-24-30-22(16-31(24)15-18)17-33-23-11-9-20(10-12-23)25-26(34-28(2,3)27(25)32)21-7-5-19(14-29)6-8-21/h4-13,15-16H,17H2,1-3H3. The second kappa shape index (κ2) is 8.20. The van der Waals surface area contributed by atoms with E-state index in [9.17, 15) is 4.79 Å². The number of hydrogen-bond donors (Lipinski definition) is 0. The highest BCUT2D eigenvalue weighted by Gasteiger charge is 2.42. The van der Waals surface area contributed by atoms with Crippen molar-refractivity contribution in [3.8, 4) is 11.8 Å². The molecule has 0 atom stereocenters. The third-order valence-electron chi connectivity index (χ3n) is 5.81. The number of ether oxygens (including phenoxy) is 2. The first-order chi connectivity index (χ1) is 16.3. The summed E-state index contributed by atoms with van der Waals surface area (Å²) in [6, 6.07) is 20.6. The van der Waals surface area contributed by atoms with Crippen molar-refractivity contribution in [3.05, 3.63) is 101 Å². The van der Waals surface area contributed by atoms with Crippen LogP contribution in [0.1, 0.15) is 41.8 Å². The van der Waals surface area contributed by atoms with Gasteiger partial charge >= 0.3 is 0 Å². The number of ketones is 1. The smallest absolute Gasteiger partial charge is 0.210 e. The van der Waals surface area contributed by atoms with Gasteiger partial charge in [-0.3, -0.25) is 4.79 Å². The highest BCUT2D eigenvalue weighted by Crippen LogP contribution is 2.41. The van der Waals surface area contributed by atoms with Gasteiger partial charge in [0.25, 0.3) is 0 Å². The molecule has 0 amide bonds. The van der Waals surface area contributed by atoms with Crippen LogP contribution in [-0.2, 0) is 16.1 Å². The molecule has 4 aromatic rings. The van der Waals surface area contributed by atoms with E-state index in [1.165, 1.54) is 0 Å². The quantitative estimate of drug-likeness (QED) is 0.411. The zero-order valence-corrected chi connectivity index (χ0v) is 19.2. The fourth-order valence-corrected chi connectivity index (χ4v) is 4.02. The molecule has 2 aromatic heterocycles. The summed E-state index contributed by atoms with van der Waals surface area (Å²) in [7, 11) is 0. The van der Waals surface area contributed by atoms with Crippen LogP contribution in [0.4, 0.5) is 0 Å². The molecule has 0 fully saturated rings. The number of rotatable bonds is 5. The molecule has 34 heavy (non-hydrogen) atoms. The van der Waals surface area contributed by atoms with Gasteiger partial charge in [-0.2, -0.15) is 5.26 Å². The molecule has 0 spiro atoms. The van der Waals surface area contributed by atoms with Crippen LogP contribution in [-0.4, -0.2) is 20.8 Å². The third kappa shape index (κ3) is 3.93. The minimum absolute atomic E-state index is 0.0829. The first-order valence-electron chi connectivity index (χ1n) is 11.0. The lowest BCUT2D eigenvalue weighted by atomic mass is 9.92. The molecule has 6 nitrogen and oxygen atoms in total. The Hall–Kier alpha value is -4.37. The highest BCUT2D eigenvalue weighted by atomic mass is 16.5.